The maximum absolute atomic E-state index is 5.71. The van der Waals surface area contributed by atoms with E-state index in [1.807, 2.05) is 55.5 Å². The van der Waals surface area contributed by atoms with Gasteiger partial charge in [0.15, 0.2) is 0 Å². The fourth-order valence-corrected chi connectivity index (χ4v) is 4.18. The molecule has 9 nitrogen and oxygen atoms in total. The molecule has 0 radical (unpaired) electrons. The van der Waals surface area contributed by atoms with Crippen molar-refractivity contribution < 1.29 is 4.74 Å². The van der Waals surface area contributed by atoms with Crippen LogP contribution in [-0.2, 0) is 0 Å². The van der Waals surface area contributed by atoms with Crippen molar-refractivity contribution in [2.45, 2.75) is 6.92 Å². The quantitative estimate of drug-likeness (QED) is 0.395. The number of anilines is 5. The molecule has 1 aliphatic rings. The number of hydrogen-bond acceptors (Lipinski definition) is 9. The molecule has 36 heavy (non-hydrogen) atoms. The minimum absolute atomic E-state index is 0.480. The Kier molecular flexibility index (Phi) is 6.90. The van der Waals surface area contributed by atoms with Gasteiger partial charge in [-0.15, -0.1) is 0 Å². The van der Waals surface area contributed by atoms with Gasteiger partial charge in [-0.3, -0.25) is 4.98 Å². The molecular weight excluding hydrogens is 452 g/mol. The number of aryl methyl sites for hydroxylation is 1. The second kappa shape index (κ2) is 10.6. The summed E-state index contributed by atoms with van der Waals surface area (Å²) < 4.78 is 5.71. The van der Waals surface area contributed by atoms with Gasteiger partial charge in [-0.1, -0.05) is 6.07 Å². The third-order valence-electron chi connectivity index (χ3n) is 6.14. The van der Waals surface area contributed by atoms with E-state index in [1.54, 1.807) is 19.5 Å². The van der Waals surface area contributed by atoms with Crippen molar-refractivity contribution in [2.24, 2.45) is 0 Å². The number of nitrogens with zero attached hydrogens (tertiary/aromatic N) is 6. The molecule has 0 spiro atoms. The highest BCUT2D eigenvalue weighted by atomic mass is 16.5. The van der Waals surface area contributed by atoms with Gasteiger partial charge in [0.25, 0.3) is 0 Å². The van der Waals surface area contributed by atoms with Crippen molar-refractivity contribution in [1.82, 2.24) is 24.8 Å². The molecule has 0 aliphatic carbocycles. The lowest BCUT2D eigenvalue weighted by atomic mass is 10.2. The summed E-state index contributed by atoms with van der Waals surface area (Å²) in [4.78, 5) is 22.9. The van der Waals surface area contributed by atoms with E-state index in [1.165, 1.54) is 0 Å². The Hall–Kier alpha value is -4.24. The third-order valence-corrected chi connectivity index (χ3v) is 6.14. The van der Waals surface area contributed by atoms with Crippen LogP contribution in [-0.4, -0.2) is 65.2 Å². The summed E-state index contributed by atoms with van der Waals surface area (Å²) in [6, 6.07) is 17.7. The van der Waals surface area contributed by atoms with E-state index in [9.17, 15) is 0 Å². The predicted molar refractivity (Wildman–Crippen MR) is 144 cm³/mol. The van der Waals surface area contributed by atoms with Crippen LogP contribution in [0.1, 0.15) is 5.69 Å². The van der Waals surface area contributed by atoms with Crippen molar-refractivity contribution >= 4 is 28.8 Å². The second-order valence-electron chi connectivity index (χ2n) is 8.76. The summed E-state index contributed by atoms with van der Waals surface area (Å²) in [5.74, 6) is 1.95. The summed E-state index contributed by atoms with van der Waals surface area (Å²) in [5.41, 5.74) is 5.26. The van der Waals surface area contributed by atoms with Crippen LogP contribution in [0.2, 0.25) is 0 Å². The number of likely N-dealkylation sites (N-methyl/N-ethyl adjacent to an activating group) is 1. The normalized spacial score (nSPS) is 13.9. The smallest absolute Gasteiger partial charge is 0.229 e. The van der Waals surface area contributed by atoms with Crippen LogP contribution < -0.4 is 20.3 Å². The first-order chi connectivity index (χ1) is 17.6. The highest BCUT2D eigenvalue weighted by molar-refractivity contribution is 5.75. The molecule has 0 amide bonds. The summed E-state index contributed by atoms with van der Waals surface area (Å²) in [6.07, 6.45) is 3.48. The number of pyridine rings is 2. The maximum atomic E-state index is 5.71. The molecule has 5 rings (SSSR count). The molecule has 0 atom stereocenters. The molecule has 3 aromatic heterocycles. The Labute approximate surface area is 211 Å². The number of rotatable bonds is 7. The van der Waals surface area contributed by atoms with Crippen LogP contribution in [0.15, 0.2) is 67.0 Å². The highest BCUT2D eigenvalue weighted by Gasteiger charge is 2.18. The molecule has 9 heteroatoms. The van der Waals surface area contributed by atoms with E-state index in [2.05, 4.69) is 48.5 Å². The Morgan fingerprint density at radius 3 is 2.50 bits per heavy atom. The molecule has 0 unspecified atom stereocenters. The van der Waals surface area contributed by atoms with Crippen molar-refractivity contribution in [1.29, 1.82) is 0 Å². The SMILES string of the molecule is COc1cc(Nc2nccc(Nc3ccc(C)nc3-c3ccccn3)n2)ccc1N1CCN(C)CC1. The van der Waals surface area contributed by atoms with Gasteiger partial charge in [0.1, 0.15) is 17.3 Å². The summed E-state index contributed by atoms with van der Waals surface area (Å²) in [5, 5.41) is 6.67. The molecule has 1 saturated heterocycles. The topological polar surface area (TPSA) is 91.3 Å². The lowest BCUT2D eigenvalue weighted by Crippen LogP contribution is -2.44. The van der Waals surface area contributed by atoms with Crippen LogP contribution >= 0.6 is 0 Å². The average Bonchev–Trinajstić information content (AvgIpc) is 2.91. The summed E-state index contributed by atoms with van der Waals surface area (Å²) in [7, 11) is 3.85. The first-order valence-electron chi connectivity index (χ1n) is 12.0. The Morgan fingerprint density at radius 1 is 0.861 bits per heavy atom. The lowest BCUT2D eigenvalue weighted by molar-refractivity contribution is 0.311. The van der Waals surface area contributed by atoms with Crippen molar-refractivity contribution in [3.8, 4) is 17.1 Å². The molecule has 1 aliphatic heterocycles. The van der Waals surface area contributed by atoms with E-state index in [0.717, 1.165) is 66.1 Å². The number of nitrogens with one attached hydrogen (secondary N) is 2. The first kappa shape index (κ1) is 23.5. The number of ether oxygens (including phenoxy) is 1. The van der Waals surface area contributed by atoms with Gasteiger partial charge in [0.05, 0.1) is 24.2 Å². The molecule has 4 heterocycles. The number of benzene rings is 1. The zero-order valence-corrected chi connectivity index (χ0v) is 20.8. The number of aromatic nitrogens is 4. The molecular formula is C27H30N8O. The fraction of sp³-hybridized carbons (Fsp3) is 0.259. The zero-order valence-electron chi connectivity index (χ0n) is 20.8. The number of piperazine rings is 1. The van der Waals surface area contributed by atoms with Gasteiger partial charge in [-0.2, -0.15) is 4.98 Å². The van der Waals surface area contributed by atoms with Crippen LogP contribution in [0.5, 0.6) is 5.75 Å². The van der Waals surface area contributed by atoms with E-state index < -0.39 is 0 Å². The van der Waals surface area contributed by atoms with Crippen molar-refractivity contribution in [3.63, 3.8) is 0 Å². The third kappa shape index (κ3) is 5.36. The van der Waals surface area contributed by atoms with Crippen LogP contribution in [0.3, 0.4) is 0 Å². The van der Waals surface area contributed by atoms with Gasteiger partial charge >= 0.3 is 0 Å². The minimum Gasteiger partial charge on any atom is -0.495 e. The van der Waals surface area contributed by atoms with Gasteiger partial charge < -0.3 is 25.2 Å². The van der Waals surface area contributed by atoms with Crippen molar-refractivity contribution in [2.75, 3.05) is 55.9 Å². The Morgan fingerprint density at radius 2 is 1.72 bits per heavy atom. The lowest BCUT2D eigenvalue weighted by Gasteiger charge is -2.34. The van der Waals surface area contributed by atoms with E-state index in [4.69, 9.17) is 9.72 Å². The zero-order chi connectivity index (χ0) is 24.9. The monoisotopic (exact) mass is 482 g/mol. The number of methoxy groups -OCH3 is 1. The number of hydrogen-bond donors (Lipinski definition) is 2. The Balaban J connectivity index is 1.35. The highest BCUT2D eigenvalue weighted by Crippen LogP contribution is 2.33. The van der Waals surface area contributed by atoms with Crippen molar-refractivity contribution in [3.05, 3.63) is 72.7 Å². The average molecular weight is 483 g/mol. The minimum atomic E-state index is 0.480. The van der Waals surface area contributed by atoms with Gasteiger partial charge in [0, 0.05) is 56.0 Å². The summed E-state index contributed by atoms with van der Waals surface area (Å²) in [6.45, 7) is 5.99. The molecule has 4 aromatic rings. The predicted octanol–water partition coefficient (Wildman–Crippen LogP) is 4.49. The largest absolute Gasteiger partial charge is 0.495 e. The molecule has 184 valence electrons. The first-order valence-corrected chi connectivity index (χ1v) is 12.0. The molecule has 0 bridgehead atoms. The van der Waals surface area contributed by atoms with E-state index in [-0.39, 0.29) is 0 Å². The van der Waals surface area contributed by atoms with Crippen LogP contribution in [0.25, 0.3) is 11.4 Å². The van der Waals surface area contributed by atoms with E-state index >= 15 is 0 Å². The van der Waals surface area contributed by atoms with Gasteiger partial charge in [-0.25, -0.2) is 9.97 Å². The molecule has 1 fully saturated rings. The standard InChI is InChI=1S/C27H30N8O/c1-19-7-9-22(26(30-19)21-6-4-5-12-28-21)32-25-11-13-29-27(33-25)31-20-8-10-23(24(18-20)36-3)35-16-14-34(2)15-17-35/h4-13,18H,14-17H2,1-3H3,(H2,29,31,32,33). The van der Waals surface area contributed by atoms with Crippen LogP contribution in [0.4, 0.5) is 28.8 Å². The van der Waals surface area contributed by atoms with Crippen LogP contribution in [0, 0.1) is 6.92 Å². The molecule has 1 aromatic carbocycles. The summed E-state index contributed by atoms with van der Waals surface area (Å²) >= 11 is 0. The molecule has 2 N–H and O–H groups in total. The second-order valence-corrected chi connectivity index (χ2v) is 8.76. The van der Waals surface area contributed by atoms with Gasteiger partial charge in [0.2, 0.25) is 5.95 Å². The Bertz CT molecular complexity index is 1320. The fourth-order valence-electron chi connectivity index (χ4n) is 4.18. The van der Waals surface area contributed by atoms with E-state index in [0.29, 0.717) is 11.8 Å². The maximum Gasteiger partial charge on any atom is 0.229 e. The molecule has 0 saturated carbocycles. The van der Waals surface area contributed by atoms with Gasteiger partial charge in [-0.05, 0) is 56.4 Å².